The number of rotatable bonds is 3. The summed E-state index contributed by atoms with van der Waals surface area (Å²) in [5.74, 6) is 0.0531. The smallest absolute Gasteiger partial charge is 0.257 e. The highest BCUT2D eigenvalue weighted by molar-refractivity contribution is 5.95. The number of morpholine rings is 1. The van der Waals surface area contributed by atoms with Gasteiger partial charge in [-0.2, -0.15) is 5.10 Å². The molecule has 1 aliphatic rings. The van der Waals surface area contributed by atoms with Gasteiger partial charge >= 0.3 is 0 Å². The lowest BCUT2D eigenvalue weighted by Crippen LogP contribution is -2.40. The first-order valence-corrected chi connectivity index (χ1v) is 7.30. The predicted octanol–water partition coefficient (Wildman–Crippen LogP) is 1.91. The molecule has 0 saturated carbocycles. The van der Waals surface area contributed by atoms with Crippen LogP contribution in [-0.4, -0.2) is 46.9 Å². The second-order valence-corrected chi connectivity index (χ2v) is 5.01. The molecule has 3 rings (SSSR count). The van der Waals surface area contributed by atoms with Crippen molar-refractivity contribution in [2.24, 2.45) is 0 Å². The van der Waals surface area contributed by atoms with E-state index in [4.69, 9.17) is 4.74 Å². The highest BCUT2D eigenvalue weighted by atomic mass is 16.5. The Morgan fingerprint density at radius 2 is 1.95 bits per heavy atom. The molecule has 0 atom stereocenters. The van der Waals surface area contributed by atoms with Crippen LogP contribution in [0.2, 0.25) is 0 Å². The number of carbonyl (C=O) groups excluding carboxylic acids is 1. The fourth-order valence-corrected chi connectivity index (χ4v) is 2.62. The van der Waals surface area contributed by atoms with E-state index >= 15 is 0 Å². The molecule has 110 valence electrons. The van der Waals surface area contributed by atoms with E-state index in [9.17, 15) is 4.79 Å². The maximum atomic E-state index is 12.6. The van der Waals surface area contributed by atoms with Crippen molar-refractivity contribution >= 4 is 5.91 Å². The van der Waals surface area contributed by atoms with Crippen molar-refractivity contribution < 1.29 is 9.53 Å². The number of hydrogen-bond donors (Lipinski definition) is 0. The molecule has 1 fully saturated rings. The summed E-state index contributed by atoms with van der Waals surface area (Å²) in [7, 11) is 0. The molecule has 0 N–H and O–H groups in total. The van der Waals surface area contributed by atoms with Gasteiger partial charge in [0.1, 0.15) is 0 Å². The Labute approximate surface area is 124 Å². The molecule has 2 heterocycles. The van der Waals surface area contributed by atoms with E-state index < -0.39 is 0 Å². The number of para-hydroxylation sites is 1. The van der Waals surface area contributed by atoms with Gasteiger partial charge in [-0.3, -0.25) is 4.79 Å². The number of nitrogens with zero attached hydrogens (tertiary/aromatic N) is 3. The van der Waals surface area contributed by atoms with Gasteiger partial charge in [-0.25, -0.2) is 4.68 Å². The summed E-state index contributed by atoms with van der Waals surface area (Å²) in [6.07, 6.45) is 2.45. The summed E-state index contributed by atoms with van der Waals surface area (Å²) in [6.45, 7) is 4.57. The molecule has 1 aromatic heterocycles. The molecule has 1 aromatic carbocycles. The molecule has 0 spiro atoms. The molecule has 1 aliphatic heterocycles. The lowest BCUT2D eigenvalue weighted by molar-refractivity contribution is 0.0302. The molecule has 1 amide bonds. The third-order valence-corrected chi connectivity index (χ3v) is 3.73. The molecule has 1 saturated heterocycles. The van der Waals surface area contributed by atoms with Crippen LogP contribution in [0.3, 0.4) is 0 Å². The normalized spacial score (nSPS) is 15.2. The van der Waals surface area contributed by atoms with Crippen molar-refractivity contribution in [2.45, 2.75) is 13.3 Å². The molecular weight excluding hydrogens is 266 g/mol. The molecule has 5 heteroatoms. The van der Waals surface area contributed by atoms with Gasteiger partial charge in [-0.05, 0) is 18.6 Å². The van der Waals surface area contributed by atoms with Crippen LogP contribution in [0.1, 0.15) is 23.0 Å². The molecular formula is C16H19N3O2. The van der Waals surface area contributed by atoms with Crippen molar-refractivity contribution in [3.05, 3.63) is 47.8 Å². The van der Waals surface area contributed by atoms with Crippen LogP contribution in [0.5, 0.6) is 0 Å². The van der Waals surface area contributed by atoms with Crippen LogP contribution in [0, 0.1) is 0 Å². The lowest BCUT2D eigenvalue weighted by Gasteiger charge is -2.26. The Morgan fingerprint density at radius 1 is 1.24 bits per heavy atom. The average molecular weight is 285 g/mol. The molecule has 2 aromatic rings. The second-order valence-electron chi connectivity index (χ2n) is 5.01. The van der Waals surface area contributed by atoms with E-state index in [-0.39, 0.29) is 5.91 Å². The van der Waals surface area contributed by atoms with Crippen LogP contribution in [-0.2, 0) is 11.2 Å². The van der Waals surface area contributed by atoms with E-state index in [1.165, 1.54) is 0 Å². The van der Waals surface area contributed by atoms with Gasteiger partial charge in [0.05, 0.1) is 36.4 Å². The summed E-state index contributed by atoms with van der Waals surface area (Å²) >= 11 is 0. The number of benzene rings is 1. The minimum Gasteiger partial charge on any atom is -0.378 e. The topological polar surface area (TPSA) is 47.4 Å². The van der Waals surface area contributed by atoms with E-state index in [0.717, 1.165) is 17.8 Å². The second kappa shape index (κ2) is 6.10. The van der Waals surface area contributed by atoms with Crippen LogP contribution < -0.4 is 0 Å². The van der Waals surface area contributed by atoms with Gasteiger partial charge in [0.25, 0.3) is 5.91 Å². The zero-order valence-corrected chi connectivity index (χ0v) is 12.2. The van der Waals surface area contributed by atoms with E-state index in [1.54, 1.807) is 6.20 Å². The Balaban J connectivity index is 1.93. The Kier molecular flexibility index (Phi) is 4.01. The number of aromatic nitrogens is 2. The fourth-order valence-electron chi connectivity index (χ4n) is 2.62. The van der Waals surface area contributed by atoms with E-state index in [0.29, 0.717) is 31.9 Å². The quantitative estimate of drug-likeness (QED) is 0.865. The van der Waals surface area contributed by atoms with E-state index in [1.807, 2.05) is 46.8 Å². The highest BCUT2D eigenvalue weighted by Gasteiger charge is 2.23. The van der Waals surface area contributed by atoms with Crippen molar-refractivity contribution in [1.29, 1.82) is 0 Å². The van der Waals surface area contributed by atoms with Gasteiger partial charge in [0.2, 0.25) is 0 Å². The van der Waals surface area contributed by atoms with Crippen LogP contribution in [0.25, 0.3) is 5.69 Å². The van der Waals surface area contributed by atoms with Gasteiger partial charge in [0, 0.05) is 13.1 Å². The first-order valence-electron chi connectivity index (χ1n) is 7.30. The Bertz CT molecular complexity index is 616. The minimum absolute atomic E-state index is 0.0531. The first-order chi connectivity index (χ1) is 10.3. The Hall–Kier alpha value is -2.14. The van der Waals surface area contributed by atoms with Crippen LogP contribution in [0.15, 0.2) is 36.5 Å². The zero-order chi connectivity index (χ0) is 14.7. The third kappa shape index (κ3) is 2.69. The number of ether oxygens (including phenoxy) is 1. The standard InChI is InChI=1S/C16H19N3O2/c1-2-15-14(16(20)18-8-10-21-11-9-18)12-17-19(15)13-6-4-3-5-7-13/h3-7,12H,2,8-11H2,1H3. The Morgan fingerprint density at radius 3 is 2.62 bits per heavy atom. The molecule has 5 nitrogen and oxygen atoms in total. The largest absolute Gasteiger partial charge is 0.378 e. The van der Waals surface area contributed by atoms with Gasteiger partial charge in [0.15, 0.2) is 0 Å². The fraction of sp³-hybridized carbons (Fsp3) is 0.375. The maximum Gasteiger partial charge on any atom is 0.257 e. The average Bonchev–Trinajstić information content (AvgIpc) is 2.99. The lowest BCUT2D eigenvalue weighted by atomic mass is 10.1. The summed E-state index contributed by atoms with van der Waals surface area (Å²) in [5, 5.41) is 4.41. The van der Waals surface area contributed by atoms with Crippen LogP contribution in [0.4, 0.5) is 0 Å². The van der Waals surface area contributed by atoms with Crippen molar-refractivity contribution in [1.82, 2.24) is 14.7 Å². The number of carbonyl (C=O) groups is 1. The summed E-state index contributed by atoms with van der Waals surface area (Å²) in [6, 6.07) is 9.91. The molecule has 0 aliphatic carbocycles. The molecule has 0 unspecified atom stereocenters. The van der Waals surface area contributed by atoms with Crippen molar-refractivity contribution in [3.63, 3.8) is 0 Å². The summed E-state index contributed by atoms with van der Waals surface area (Å²) < 4.78 is 7.16. The van der Waals surface area contributed by atoms with Gasteiger partial charge in [-0.15, -0.1) is 0 Å². The zero-order valence-electron chi connectivity index (χ0n) is 12.2. The summed E-state index contributed by atoms with van der Waals surface area (Å²) in [5.41, 5.74) is 2.64. The predicted molar refractivity (Wildman–Crippen MR) is 79.7 cm³/mol. The van der Waals surface area contributed by atoms with Gasteiger partial charge in [-0.1, -0.05) is 25.1 Å². The number of amides is 1. The molecule has 0 radical (unpaired) electrons. The van der Waals surface area contributed by atoms with Crippen molar-refractivity contribution in [3.8, 4) is 5.69 Å². The molecule has 0 bridgehead atoms. The van der Waals surface area contributed by atoms with Gasteiger partial charge < -0.3 is 9.64 Å². The monoisotopic (exact) mass is 285 g/mol. The first kappa shape index (κ1) is 13.8. The minimum atomic E-state index is 0.0531. The van der Waals surface area contributed by atoms with Crippen LogP contribution >= 0.6 is 0 Å². The molecule has 21 heavy (non-hydrogen) atoms. The van der Waals surface area contributed by atoms with Crippen molar-refractivity contribution in [2.75, 3.05) is 26.3 Å². The van der Waals surface area contributed by atoms with E-state index in [2.05, 4.69) is 5.10 Å². The summed E-state index contributed by atoms with van der Waals surface area (Å²) in [4.78, 5) is 14.5. The third-order valence-electron chi connectivity index (χ3n) is 3.73. The highest BCUT2D eigenvalue weighted by Crippen LogP contribution is 2.18. The number of hydrogen-bond acceptors (Lipinski definition) is 3. The SMILES string of the molecule is CCc1c(C(=O)N2CCOCC2)cnn1-c1ccccc1. The maximum absolute atomic E-state index is 12.6.